The average Bonchev–Trinajstić information content (AvgIpc) is 3.22. The van der Waals surface area contributed by atoms with Gasteiger partial charge in [-0.3, -0.25) is 0 Å². The average molecular weight is 278 g/mol. The van der Waals surface area contributed by atoms with Crippen LogP contribution < -0.4 is 5.32 Å². The first kappa shape index (κ1) is 14.0. The molecule has 0 atom stereocenters. The van der Waals surface area contributed by atoms with Crippen LogP contribution in [0, 0.1) is 17.2 Å². The molecular weight excluding hydrogens is 260 g/mol. The lowest BCUT2D eigenvalue weighted by Crippen LogP contribution is -2.24. The molecule has 1 fully saturated rings. The topological polar surface area (TPSA) is 70.0 Å². The van der Waals surface area contributed by atoms with Crippen molar-refractivity contribution in [2.75, 3.05) is 18.8 Å². The summed E-state index contributed by atoms with van der Waals surface area (Å²) in [5.74, 6) is 0.964. The molecule has 1 aliphatic rings. The van der Waals surface area contributed by atoms with Crippen molar-refractivity contribution < 1.29 is 8.42 Å². The second-order valence-corrected chi connectivity index (χ2v) is 7.05. The van der Waals surface area contributed by atoms with Crippen LogP contribution in [-0.4, -0.2) is 27.3 Å². The largest absolute Gasteiger partial charge is 0.316 e. The summed E-state index contributed by atoms with van der Waals surface area (Å²) in [6.07, 6.45) is 3.80. The summed E-state index contributed by atoms with van der Waals surface area (Å²) in [5.41, 5.74) is 0.474. The van der Waals surface area contributed by atoms with Crippen molar-refractivity contribution in [1.82, 2.24) is 5.32 Å². The Kier molecular flexibility index (Phi) is 4.56. The molecule has 0 aliphatic heterocycles. The van der Waals surface area contributed by atoms with Crippen LogP contribution in [0.4, 0.5) is 0 Å². The zero-order valence-electron chi connectivity index (χ0n) is 10.8. The fourth-order valence-corrected chi connectivity index (χ4v) is 3.10. The first-order valence-electron chi connectivity index (χ1n) is 6.55. The number of nitrogens with zero attached hydrogens (tertiary/aromatic N) is 1. The highest BCUT2D eigenvalue weighted by Gasteiger charge is 2.20. The smallest absolute Gasteiger partial charge is 0.179 e. The van der Waals surface area contributed by atoms with Crippen molar-refractivity contribution in [3.05, 3.63) is 29.8 Å². The fourth-order valence-electron chi connectivity index (χ4n) is 1.90. The predicted molar refractivity (Wildman–Crippen MR) is 73.4 cm³/mol. The molecule has 2 rings (SSSR count). The van der Waals surface area contributed by atoms with Crippen molar-refractivity contribution in [2.24, 2.45) is 5.92 Å². The van der Waals surface area contributed by atoms with E-state index < -0.39 is 9.84 Å². The van der Waals surface area contributed by atoms with E-state index in [1.165, 1.54) is 37.1 Å². The summed E-state index contributed by atoms with van der Waals surface area (Å²) < 4.78 is 24.0. The molecule has 0 aromatic heterocycles. The number of rotatable bonds is 7. The maximum Gasteiger partial charge on any atom is 0.179 e. The molecule has 0 heterocycles. The van der Waals surface area contributed by atoms with Crippen LogP contribution in [0.5, 0.6) is 0 Å². The SMILES string of the molecule is N#Cc1ccc(S(=O)(=O)CCNCCC2CC2)cc1. The maximum absolute atomic E-state index is 12.0. The molecule has 1 saturated carbocycles. The second-order valence-electron chi connectivity index (χ2n) is 4.94. The van der Waals surface area contributed by atoms with Gasteiger partial charge in [0.1, 0.15) is 0 Å². The molecule has 1 N–H and O–H groups in total. The minimum atomic E-state index is -3.24. The van der Waals surface area contributed by atoms with E-state index in [-0.39, 0.29) is 10.6 Å². The van der Waals surface area contributed by atoms with Gasteiger partial charge in [-0.25, -0.2) is 8.42 Å². The molecule has 1 aromatic carbocycles. The van der Waals surface area contributed by atoms with E-state index in [2.05, 4.69) is 5.32 Å². The molecule has 0 amide bonds. The summed E-state index contributed by atoms with van der Waals surface area (Å²) in [4.78, 5) is 0.287. The maximum atomic E-state index is 12.0. The first-order valence-corrected chi connectivity index (χ1v) is 8.21. The zero-order chi connectivity index (χ0) is 13.7. The van der Waals surface area contributed by atoms with Crippen molar-refractivity contribution in [3.63, 3.8) is 0 Å². The van der Waals surface area contributed by atoms with Gasteiger partial charge < -0.3 is 5.32 Å². The van der Waals surface area contributed by atoms with Crippen molar-refractivity contribution in [2.45, 2.75) is 24.2 Å². The summed E-state index contributed by atoms with van der Waals surface area (Å²) in [6, 6.07) is 8.04. The van der Waals surface area contributed by atoms with Crippen molar-refractivity contribution in [1.29, 1.82) is 5.26 Å². The van der Waals surface area contributed by atoms with E-state index in [1.54, 1.807) is 0 Å². The highest BCUT2D eigenvalue weighted by Crippen LogP contribution is 2.31. The third-order valence-electron chi connectivity index (χ3n) is 3.32. The molecule has 5 heteroatoms. The Hall–Kier alpha value is -1.38. The number of hydrogen-bond donors (Lipinski definition) is 1. The molecule has 4 nitrogen and oxygen atoms in total. The van der Waals surface area contributed by atoms with Crippen LogP contribution in [0.2, 0.25) is 0 Å². The number of nitrogens with one attached hydrogen (secondary N) is 1. The van der Waals surface area contributed by atoms with Crippen LogP contribution in [0.1, 0.15) is 24.8 Å². The number of sulfone groups is 1. The lowest BCUT2D eigenvalue weighted by atomic mass is 10.2. The Morgan fingerprint density at radius 3 is 2.47 bits per heavy atom. The van der Waals surface area contributed by atoms with Gasteiger partial charge in [0, 0.05) is 6.54 Å². The van der Waals surface area contributed by atoms with Gasteiger partial charge in [-0.15, -0.1) is 0 Å². The third-order valence-corrected chi connectivity index (χ3v) is 5.05. The summed E-state index contributed by atoms with van der Waals surface area (Å²) in [7, 11) is -3.24. The molecule has 0 spiro atoms. The standard InChI is InChI=1S/C14H18N2O2S/c15-11-13-3-5-14(6-4-13)19(17,18)10-9-16-8-7-12-1-2-12/h3-6,12,16H,1-2,7-10H2. The molecule has 0 radical (unpaired) electrons. The van der Waals surface area contributed by atoms with Gasteiger partial charge >= 0.3 is 0 Å². The quantitative estimate of drug-likeness (QED) is 0.771. The monoisotopic (exact) mass is 278 g/mol. The lowest BCUT2D eigenvalue weighted by molar-refractivity contribution is 0.585. The van der Waals surface area contributed by atoms with Crippen LogP contribution in [0.15, 0.2) is 29.2 Å². The summed E-state index contributed by atoms with van der Waals surface area (Å²) in [6.45, 7) is 1.38. The summed E-state index contributed by atoms with van der Waals surface area (Å²) >= 11 is 0. The first-order chi connectivity index (χ1) is 9.12. The fraction of sp³-hybridized carbons (Fsp3) is 0.500. The molecule has 102 valence electrons. The lowest BCUT2D eigenvalue weighted by Gasteiger charge is -2.06. The minimum absolute atomic E-state index is 0.101. The van der Waals surface area contributed by atoms with E-state index in [0.717, 1.165) is 18.9 Å². The van der Waals surface area contributed by atoms with Crippen LogP contribution in [0.25, 0.3) is 0 Å². The van der Waals surface area contributed by atoms with E-state index in [1.807, 2.05) is 6.07 Å². The highest BCUT2D eigenvalue weighted by atomic mass is 32.2. The Morgan fingerprint density at radius 2 is 1.89 bits per heavy atom. The van der Waals surface area contributed by atoms with Crippen molar-refractivity contribution in [3.8, 4) is 6.07 Å². The van der Waals surface area contributed by atoms with Gasteiger partial charge in [0.2, 0.25) is 0 Å². The molecule has 1 aromatic rings. The molecule has 0 bridgehead atoms. The molecule has 0 saturated heterocycles. The van der Waals surface area contributed by atoms with Gasteiger partial charge in [-0.05, 0) is 43.1 Å². The Bertz CT molecular complexity index is 554. The molecule has 1 aliphatic carbocycles. The molecule has 19 heavy (non-hydrogen) atoms. The number of nitriles is 1. The predicted octanol–water partition coefficient (Wildman–Crippen LogP) is 1.72. The Morgan fingerprint density at radius 1 is 1.21 bits per heavy atom. The van der Waals surface area contributed by atoms with E-state index in [0.29, 0.717) is 12.1 Å². The molecular formula is C14H18N2O2S. The summed E-state index contributed by atoms with van der Waals surface area (Å²) in [5, 5.41) is 11.8. The minimum Gasteiger partial charge on any atom is -0.316 e. The number of benzene rings is 1. The van der Waals surface area contributed by atoms with Crippen LogP contribution in [0.3, 0.4) is 0 Å². The van der Waals surface area contributed by atoms with Gasteiger partial charge in [0.25, 0.3) is 0 Å². The van der Waals surface area contributed by atoms with E-state index in [9.17, 15) is 8.42 Å². The van der Waals surface area contributed by atoms with E-state index in [4.69, 9.17) is 5.26 Å². The zero-order valence-corrected chi connectivity index (χ0v) is 11.6. The molecule has 0 unspecified atom stereocenters. The van der Waals surface area contributed by atoms with Crippen LogP contribution in [-0.2, 0) is 9.84 Å². The van der Waals surface area contributed by atoms with Gasteiger partial charge in [-0.1, -0.05) is 12.8 Å². The highest BCUT2D eigenvalue weighted by molar-refractivity contribution is 7.91. The second kappa shape index (κ2) is 6.18. The van der Waals surface area contributed by atoms with Gasteiger partial charge in [0.15, 0.2) is 9.84 Å². The normalized spacial score (nSPS) is 15.1. The van der Waals surface area contributed by atoms with Gasteiger partial charge in [-0.2, -0.15) is 5.26 Å². The number of hydrogen-bond acceptors (Lipinski definition) is 4. The van der Waals surface area contributed by atoms with Crippen LogP contribution >= 0.6 is 0 Å². The Balaban J connectivity index is 1.80. The van der Waals surface area contributed by atoms with E-state index >= 15 is 0 Å². The third kappa shape index (κ3) is 4.34. The Labute approximate surface area is 114 Å². The van der Waals surface area contributed by atoms with Gasteiger partial charge in [0.05, 0.1) is 22.3 Å². The van der Waals surface area contributed by atoms with Crippen molar-refractivity contribution >= 4 is 9.84 Å².